The van der Waals surface area contributed by atoms with Crippen molar-refractivity contribution >= 4 is 5.52 Å². The molecule has 0 aliphatic heterocycles. The Morgan fingerprint density at radius 3 is 2.74 bits per heavy atom. The second-order valence-electron chi connectivity index (χ2n) is 4.61. The van der Waals surface area contributed by atoms with Gasteiger partial charge in [0, 0.05) is 6.42 Å². The molecular weight excluding hydrogens is 236 g/mol. The lowest BCUT2D eigenvalue weighted by molar-refractivity contribution is 0.390. The third kappa shape index (κ3) is 2.08. The lowest BCUT2D eigenvalue weighted by Crippen LogP contribution is -2.01. The van der Waals surface area contributed by atoms with Crippen LogP contribution in [0.15, 0.2) is 48.7 Å². The second kappa shape index (κ2) is 4.76. The Morgan fingerprint density at radius 1 is 1.11 bits per heavy atom. The van der Waals surface area contributed by atoms with Gasteiger partial charge in [0.2, 0.25) is 0 Å². The zero-order valence-corrected chi connectivity index (χ0v) is 11.1. The number of fused-ring (bicyclic) bond motifs is 1. The number of hydrogen-bond acceptors (Lipinski definition) is 2. The Kier molecular flexibility index (Phi) is 2.95. The van der Waals surface area contributed by atoms with Crippen molar-refractivity contribution in [3.05, 3.63) is 65.6 Å². The maximum atomic E-state index is 5.42. The van der Waals surface area contributed by atoms with E-state index in [-0.39, 0.29) is 0 Å². The number of hydrogen-bond donors (Lipinski definition) is 0. The van der Waals surface area contributed by atoms with Gasteiger partial charge in [-0.15, -0.1) is 0 Å². The smallest absolute Gasteiger partial charge is 0.199 e. The third-order valence-corrected chi connectivity index (χ3v) is 3.41. The Balaban J connectivity index is 2.09. The third-order valence-electron chi connectivity index (χ3n) is 3.41. The van der Waals surface area contributed by atoms with Gasteiger partial charge in [-0.2, -0.15) is 0 Å². The Hall–Kier alpha value is -2.29. The van der Waals surface area contributed by atoms with E-state index < -0.39 is 0 Å². The minimum atomic E-state index is 0.807. The van der Waals surface area contributed by atoms with Crippen LogP contribution in [0.25, 0.3) is 5.52 Å². The van der Waals surface area contributed by atoms with Gasteiger partial charge in [-0.25, -0.2) is 4.98 Å². The van der Waals surface area contributed by atoms with E-state index in [1.54, 1.807) is 7.11 Å². The van der Waals surface area contributed by atoms with Crippen LogP contribution in [0.1, 0.15) is 17.0 Å². The summed E-state index contributed by atoms with van der Waals surface area (Å²) in [7, 11) is 1.69. The van der Waals surface area contributed by atoms with Crippen LogP contribution in [-0.2, 0) is 6.42 Å². The van der Waals surface area contributed by atoms with Crippen molar-refractivity contribution in [2.24, 2.45) is 0 Å². The Labute approximate surface area is 112 Å². The number of ether oxygens (including phenoxy) is 1. The van der Waals surface area contributed by atoms with Crippen molar-refractivity contribution in [2.75, 3.05) is 7.11 Å². The molecule has 3 nitrogen and oxygen atoms in total. The highest BCUT2D eigenvalue weighted by atomic mass is 16.5. The van der Waals surface area contributed by atoms with Crippen LogP contribution in [0.3, 0.4) is 0 Å². The van der Waals surface area contributed by atoms with E-state index in [0.717, 1.165) is 23.6 Å². The highest BCUT2D eigenvalue weighted by molar-refractivity contribution is 5.49. The fourth-order valence-corrected chi connectivity index (χ4v) is 2.34. The largest absolute Gasteiger partial charge is 0.482 e. The maximum absolute atomic E-state index is 5.42. The number of methoxy groups -OCH3 is 1. The fraction of sp³-hybridized carbons (Fsp3) is 0.188. The summed E-state index contributed by atoms with van der Waals surface area (Å²) < 4.78 is 7.48. The highest BCUT2D eigenvalue weighted by Gasteiger charge is 2.09. The summed E-state index contributed by atoms with van der Waals surface area (Å²) in [6.07, 6.45) is 2.69. The summed E-state index contributed by atoms with van der Waals surface area (Å²) >= 11 is 0. The minimum absolute atomic E-state index is 0.807. The van der Waals surface area contributed by atoms with Gasteiger partial charge in [0.1, 0.15) is 5.82 Å². The van der Waals surface area contributed by atoms with Crippen LogP contribution < -0.4 is 4.74 Å². The van der Waals surface area contributed by atoms with E-state index in [1.165, 1.54) is 11.1 Å². The molecule has 3 rings (SSSR count). The average Bonchev–Trinajstić information content (AvgIpc) is 2.85. The molecule has 0 spiro atoms. The molecule has 0 aliphatic rings. The van der Waals surface area contributed by atoms with Crippen LogP contribution >= 0.6 is 0 Å². The predicted octanol–water partition coefficient (Wildman–Crippen LogP) is 3.24. The van der Waals surface area contributed by atoms with Crippen molar-refractivity contribution in [3.8, 4) is 5.88 Å². The zero-order chi connectivity index (χ0) is 13.2. The summed E-state index contributed by atoms with van der Waals surface area (Å²) in [4.78, 5) is 4.52. The van der Waals surface area contributed by atoms with E-state index >= 15 is 0 Å². The molecule has 0 saturated carbocycles. The SMILES string of the molecule is COc1cccc2cnc(Cc3ccccc3C)n12. The first-order chi connectivity index (χ1) is 9.29. The minimum Gasteiger partial charge on any atom is -0.482 e. The molecule has 0 amide bonds. The van der Waals surface area contributed by atoms with E-state index in [1.807, 2.05) is 24.4 Å². The number of pyridine rings is 1. The molecule has 0 unspecified atom stereocenters. The number of nitrogens with zero attached hydrogens (tertiary/aromatic N) is 2. The van der Waals surface area contributed by atoms with Crippen LogP contribution in [-0.4, -0.2) is 16.5 Å². The topological polar surface area (TPSA) is 26.5 Å². The van der Waals surface area contributed by atoms with Gasteiger partial charge in [0.15, 0.2) is 5.88 Å². The van der Waals surface area contributed by atoms with Gasteiger partial charge in [-0.3, -0.25) is 4.40 Å². The van der Waals surface area contributed by atoms with Gasteiger partial charge in [-0.1, -0.05) is 30.3 Å². The molecule has 0 radical (unpaired) electrons. The van der Waals surface area contributed by atoms with E-state index in [9.17, 15) is 0 Å². The number of aryl methyl sites for hydroxylation is 1. The number of imidazole rings is 1. The van der Waals surface area contributed by atoms with Gasteiger partial charge >= 0.3 is 0 Å². The maximum Gasteiger partial charge on any atom is 0.199 e. The van der Waals surface area contributed by atoms with Crippen molar-refractivity contribution in [1.82, 2.24) is 9.38 Å². The number of rotatable bonds is 3. The monoisotopic (exact) mass is 252 g/mol. The summed E-state index contributed by atoms with van der Waals surface area (Å²) in [6.45, 7) is 2.13. The van der Waals surface area contributed by atoms with Gasteiger partial charge in [0.25, 0.3) is 0 Å². The Bertz CT molecular complexity index is 716. The van der Waals surface area contributed by atoms with Crippen LogP contribution in [0.2, 0.25) is 0 Å². The molecule has 2 aromatic heterocycles. The second-order valence-corrected chi connectivity index (χ2v) is 4.61. The molecule has 96 valence electrons. The summed E-state index contributed by atoms with van der Waals surface area (Å²) in [5.41, 5.74) is 3.64. The molecular formula is C16H16N2O. The molecule has 0 fully saturated rings. The van der Waals surface area contributed by atoms with Gasteiger partial charge < -0.3 is 4.74 Å². The lowest BCUT2D eigenvalue weighted by Gasteiger charge is -2.08. The lowest BCUT2D eigenvalue weighted by atomic mass is 10.1. The van der Waals surface area contributed by atoms with E-state index in [2.05, 4.69) is 40.6 Å². The molecule has 0 saturated heterocycles. The van der Waals surface area contributed by atoms with Crippen molar-refractivity contribution in [3.63, 3.8) is 0 Å². The van der Waals surface area contributed by atoms with E-state index in [4.69, 9.17) is 4.74 Å². The van der Waals surface area contributed by atoms with Gasteiger partial charge in [-0.05, 0) is 30.2 Å². The first kappa shape index (κ1) is 11.8. The summed E-state index contributed by atoms with van der Waals surface area (Å²) in [5.74, 6) is 1.82. The first-order valence-electron chi connectivity index (χ1n) is 6.33. The van der Waals surface area contributed by atoms with E-state index in [0.29, 0.717) is 0 Å². The zero-order valence-electron chi connectivity index (χ0n) is 11.1. The normalized spacial score (nSPS) is 10.8. The predicted molar refractivity (Wildman–Crippen MR) is 75.7 cm³/mol. The van der Waals surface area contributed by atoms with Crippen molar-refractivity contribution < 1.29 is 4.74 Å². The summed E-state index contributed by atoms with van der Waals surface area (Å²) in [6, 6.07) is 14.4. The molecule has 0 atom stereocenters. The average molecular weight is 252 g/mol. The van der Waals surface area contributed by atoms with Crippen LogP contribution in [0.5, 0.6) is 5.88 Å². The Morgan fingerprint density at radius 2 is 1.95 bits per heavy atom. The number of aromatic nitrogens is 2. The summed E-state index contributed by atoms with van der Waals surface area (Å²) in [5, 5.41) is 0. The van der Waals surface area contributed by atoms with Crippen LogP contribution in [0, 0.1) is 6.92 Å². The molecule has 0 bridgehead atoms. The molecule has 0 aliphatic carbocycles. The quantitative estimate of drug-likeness (QED) is 0.715. The molecule has 2 heterocycles. The molecule has 1 aromatic carbocycles. The highest BCUT2D eigenvalue weighted by Crippen LogP contribution is 2.20. The van der Waals surface area contributed by atoms with Crippen LogP contribution in [0.4, 0.5) is 0 Å². The first-order valence-corrected chi connectivity index (χ1v) is 6.33. The number of benzene rings is 1. The molecule has 3 aromatic rings. The van der Waals surface area contributed by atoms with Crippen molar-refractivity contribution in [2.45, 2.75) is 13.3 Å². The molecule has 3 heteroatoms. The molecule has 19 heavy (non-hydrogen) atoms. The standard InChI is InChI=1S/C16H16N2O/c1-12-6-3-4-7-13(12)10-15-17-11-14-8-5-9-16(19-2)18(14)15/h3-9,11H,10H2,1-2H3. The van der Waals surface area contributed by atoms with Crippen molar-refractivity contribution in [1.29, 1.82) is 0 Å². The molecule has 0 N–H and O–H groups in total. The fourth-order valence-electron chi connectivity index (χ4n) is 2.34. The van der Waals surface area contributed by atoms with Gasteiger partial charge in [0.05, 0.1) is 18.8 Å².